The standard InChI is InChI=1S/C19H23N5O2S/c1-3-24(4-2)16(26)11-27-19-15(10-21)17(14(9-20)18(22)23-19)12-5-7-13(25)8-6-12/h5-10,20-21,25H,3-4,11H2,1-2H3,(H2,22,23). The minimum absolute atomic E-state index is 0.0105. The summed E-state index contributed by atoms with van der Waals surface area (Å²) in [5.41, 5.74) is 8.23. The smallest absolute Gasteiger partial charge is 0.232 e. The second kappa shape index (κ2) is 9.18. The Labute approximate surface area is 162 Å². The maximum Gasteiger partial charge on any atom is 0.232 e. The number of pyridine rings is 1. The summed E-state index contributed by atoms with van der Waals surface area (Å²) in [4.78, 5) is 18.4. The molecule has 1 amide bonds. The monoisotopic (exact) mass is 385 g/mol. The van der Waals surface area contributed by atoms with E-state index in [0.29, 0.717) is 40.4 Å². The Kier molecular flexibility index (Phi) is 6.95. The number of carbonyl (C=O) groups excluding carboxylic acids is 1. The van der Waals surface area contributed by atoms with E-state index in [2.05, 4.69) is 4.98 Å². The van der Waals surface area contributed by atoms with Gasteiger partial charge < -0.3 is 26.6 Å². The number of nitrogens with one attached hydrogen (secondary N) is 2. The van der Waals surface area contributed by atoms with E-state index in [4.69, 9.17) is 16.6 Å². The quantitative estimate of drug-likeness (QED) is 0.410. The van der Waals surface area contributed by atoms with Crippen molar-refractivity contribution in [3.05, 3.63) is 35.4 Å². The molecule has 0 radical (unpaired) electrons. The molecule has 5 N–H and O–H groups in total. The van der Waals surface area contributed by atoms with E-state index in [1.807, 2.05) is 13.8 Å². The number of nitrogen functional groups attached to an aromatic ring is 1. The minimum atomic E-state index is -0.0105. The highest BCUT2D eigenvalue weighted by atomic mass is 32.2. The lowest BCUT2D eigenvalue weighted by atomic mass is 9.96. The zero-order valence-corrected chi connectivity index (χ0v) is 16.1. The van der Waals surface area contributed by atoms with E-state index < -0.39 is 0 Å². The number of hydrogen-bond donors (Lipinski definition) is 4. The predicted octanol–water partition coefficient (Wildman–Crippen LogP) is 2.99. The number of carbonyl (C=O) groups is 1. The SMILES string of the molecule is CCN(CC)C(=O)CSc1nc(N)c(C=N)c(-c2ccc(O)cc2)c1C=N. The van der Waals surface area contributed by atoms with Crippen molar-refractivity contribution in [2.24, 2.45) is 0 Å². The lowest BCUT2D eigenvalue weighted by Crippen LogP contribution is -2.31. The number of phenols is 1. The largest absolute Gasteiger partial charge is 0.508 e. The van der Waals surface area contributed by atoms with Gasteiger partial charge in [-0.05, 0) is 31.5 Å². The zero-order valence-electron chi connectivity index (χ0n) is 15.3. The Morgan fingerprint density at radius 2 is 1.78 bits per heavy atom. The molecule has 1 aromatic carbocycles. The fourth-order valence-corrected chi connectivity index (χ4v) is 3.66. The van der Waals surface area contributed by atoms with E-state index >= 15 is 0 Å². The van der Waals surface area contributed by atoms with Gasteiger partial charge in [0, 0.05) is 42.2 Å². The van der Waals surface area contributed by atoms with E-state index in [1.54, 1.807) is 17.0 Å². The van der Waals surface area contributed by atoms with Crippen LogP contribution in [0.3, 0.4) is 0 Å². The zero-order chi connectivity index (χ0) is 20.0. The van der Waals surface area contributed by atoms with Gasteiger partial charge >= 0.3 is 0 Å². The molecule has 0 saturated heterocycles. The molecule has 0 saturated carbocycles. The number of rotatable bonds is 8. The van der Waals surface area contributed by atoms with Gasteiger partial charge in [-0.15, -0.1) is 0 Å². The highest BCUT2D eigenvalue weighted by Crippen LogP contribution is 2.35. The van der Waals surface area contributed by atoms with Gasteiger partial charge in [-0.1, -0.05) is 23.9 Å². The first-order valence-electron chi connectivity index (χ1n) is 8.51. The molecule has 0 unspecified atom stereocenters. The molecule has 0 spiro atoms. The number of amides is 1. The van der Waals surface area contributed by atoms with Crippen molar-refractivity contribution in [3.63, 3.8) is 0 Å². The Hall–Kier alpha value is -2.87. The van der Waals surface area contributed by atoms with Crippen LogP contribution in [-0.2, 0) is 4.79 Å². The average molecular weight is 385 g/mol. The molecular weight excluding hydrogens is 362 g/mol. The van der Waals surface area contributed by atoms with E-state index in [0.717, 1.165) is 12.4 Å². The summed E-state index contributed by atoms with van der Waals surface area (Å²) in [6.45, 7) is 5.11. The molecular formula is C19H23N5O2S. The Balaban J connectivity index is 2.50. The van der Waals surface area contributed by atoms with Crippen LogP contribution in [-0.4, -0.2) is 52.2 Å². The molecule has 2 aromatic rings. The number of hydrogen-bond acceptors (Lipinski definition) is 7. The second-order valence-electron chi connectivity index (χ2n) is 5.69. The molecule has 27 heavy (non-hydrogen) atoms. The number of nitrogens with two attached hydrogens (primary N) is 1. The van der Waals surface area contributed by atoms with Crippen molar-refractivity contribution in [3.8, 4) is 16.9 Å². The molecule has 2 rings (SSSR count). The molecule has 0 atom stereocenters. The van der Waals surface area contributed by atoms with Crippen LogP contribution in [0, 0.1) is 10.8 Å². The highest BCUT2D eigenvalue weighted by molar-refractivity contribution is 8.00. The topological polar surface area (TPSA) is 127 Å². The number of nitrogens with zero attached hydrogens (tertiary/aromatic N) is 2. The summed E-state index contributed by atoms with van der Waals surface area (Å²) < 4.78 is 0. The maximum atomic E-state index is 12.3. The Morgan fingerprint density at radius 3 is 2.30 bits per heavy atom. The third kappa shape index (κ3) is 4.46. The molecule has 0 aliphatic heterocycles. The second-order valence-corrected chi connectivity index (χ2v) is 6.66. The first-order valence-corrected chi connectivity index (χ1v) is 9.49. The first kappa shape index (κ1) is 20.4. The van der Waals surface area contributed by atoms with Crippen LogP contribution in [0.4, 0.5) is 5.82 Å². The van der Waals surface area contributed by atoms with Gasteiger partial charge in [-0.25, -0.2) is 4.98 Å². The molecule has 1 heterocycles. The minimum Gasteiger partial charge on any atom is -0.508 e. The molecule has 8 heteroatoms. The lowest BCUT2D eigenvalue weighted by Gasteiger charge is -2.19. The Morgan fingerprint density at radius 1 is 1.19 bits per heavy atom. The number of aromatic hydroxyl groups is 1. The molecule has 142 valence electrons. The molecule has 0 bridgehead atoms. The maximum absolute atomic E-state index is 12.3. The van der Waals surface area contributed by atoms with Crippen molar-refractivity contribution < 1.29 is 9.90 Å². The van der Waals surface area contributed by atoms with Crippen LogP contribution in [0.25, 0.3) is 11.1 Å². The lowest BCUT2D eigenvalue weighted by molar-refractivity contribution is -0.127. The third-order valence-corrected chi connectivity index (χ3v) is 5.14. The molecule has 0 aliphatic rings. The fraction of sp³-hybridized carbons (Fsp3) is 0.263. The fourth-order valence-electron chi connectivity index (χ4n) is 2.74. The number of phenolic OH excluding ortho intramolecular Hbond substituents is 1. The van der Waals surface area contributed by atoms with Crippen LogP contribution in [0.15, 0.2) is 29.3 Å². The van der Waals surface area contributed by atoms with Gasteiger partial charge in [-0.3, -0.25) is 4.79 Å². The van der Waals surface area contributed by atoms with Gasteiger partial charge in [0.2, 0.25) is 5.91 Å². The summed E-state index contributed by atoms with van der Waals surface area (Å²) >= 11 is 1.23. The van der Waals surface area contributed by atoms with E-state index in [1.165, 1.54) is 23.9 Å². The molecule has 7 nitrogen and oxygen atoms in total. The van der Waals surface area contributed by atoms with Crippen molar-refractivity contribution in [2.45, 2.75) is 18.9 Å². The summed E-state index contributed by atoms with van der Waals surface area (Å²) in [6.07, 6.45) is 2.26. The molecule has 1 aromatic heterocycles. The average Bonchev–Trinajstić information content (AvgIpc) is 2.67. The van der Waals surface area contributed by atoms with Crippen LogP contribution in [0.5, 0.6) is 5.75 Å². The van der Waals surface area contributed by atoms with Crippen LogP contribution in [0.2, 0.25) is 0 Å². The number of anilines is 1. The number of thioether (sulfide) groups is 1. The van der Waals surface area contributed by atoms with Crippen molar-refractivity contribution in [1.82, 2.24) is 9.88 Å². The van der Waals surface area contributed by atoms with Crippen molar-refractivity contribution in [1.29, 1.82) is 10.8 Å². The van der Waals surface area contributed by atoms with Crippen molar-refractivity contribution in [2.75, 3.05) is 24.6 Å². The van der Waals surface area contributed by atoms with E-state index in [-0.39, 0.29) is 23.2 Å². The number of aromatic nitrogens is 1. The summed E-state index contributed by atoms with van der Waals surface area (Å²) in [5, 5.41) is 25.6. The first-order chi connectivity index (χ1) is 13.0. The number of benzene rings is 1. The van der Waals surface area contributed by atoms with Gasteiger partial charge in [-0.2, -0.15) is 0 Å². The van der Waals surface area contributed by atoms with Gasteiger partial charge in [0.15, 0.2) is 0 Å². The van der Waals surface area contributed by atoms with Gasteiger partial charge in [0.05, 0.1) is 5.75 Å². The normalized spacial score (nSPS) is 10.4. The molecule has 0 fully saturated rings. The summed E-state index contributed by atoms with van der Waals surface area (Å²) in [7, 11) is 0. The summed E-state index contributed by atoms with van der Waals surface area (Å²) in [5.74, 6) is 0.460. The van der Waals surface area contributed by atoms with Crippen LogP contribution in [0.1, 0.15) is 25.0 Å². The van der Waals surface area contributed by atoms with Gasteiger partial charge in [0.1, 0.15) is 16.6 Å². The highest BCUT2D eigenvalue weighted by Gasteiger charge is 2.19. The summed E-state index contributed by atoms with van der Waals surface area (Å²) in [6, 6.07) is 6.45. The van der Waals surface area contributed by atoms with Crippen LogP contribution < -0.4 is 5.73 Å². The molecule has 0 aliphatic carbocycles. The third-order valence-electron chi connectivity index (χ3n) is 4.16. The van der Waals surface area contributed by atoms with Crippen LogP contribution >= 0.6 is 11.8 Å². The Bertz CT molecular complexity index is 848. The van der Waals surface area contributed by atoms with Gasteiger partial charge in [0.25, 0.3) is 0 Å². The predicted molar refractivity (Wildman–Crippen MR) is 110 cm³/mol. The van der Waals surface area contributed by atoms with Crippen molar-refractivity contribution >= 4 is 35.9 Å². The van der Waals surface area contributed by atoms with E-state index in [9.17, 15) is 9.90 Å².